The first-order valence-electron chi connectivity index (χ1n) is 2.71. The Morgan fingerprint density at radius 1 is 1.44 bits per heavy atom. The van der Waals surface area contributed by atoms with E-state index in [1.165, 1.54) is 0 Å². The van der Waals surface area contributed by atoms with E-state index in [-0.39, 0.29) is 6.61 Å². The second kappa shape index (κ2) is 2.62. The molecule has 1 aliphatic rings. The summed E-state index contributed by atoms with van der Waals surface area (Å²) in [6.45, 7) is 0.823. The SMILES string of the molecule is O[CH][C@H]1OC[C@@H](O)[C@@H]1O. The van der Waals surface area contributed by atoms with Crippen LogP contribution >= 0.6 is 0 Å². The third-order valence-corrected chi connectivity index (χ3v) is 1.34. The van der Waals surface area contributed by atoms with Crippen molar-refractivity contribution in [1.29, 1.82) is 0 Å². The van der Waals surface area contributed by atoms with Gasteiger partial charge < -0.3 is 20.1 Å². The van der Waals surface area contributed by atoms with Crippen LogP contribution in [0.1, 0.15) is 0 Å². The molecule has 0 spiro atoms. The van der Waals surface area contributed by atoms with Crippen LogP contribution in [0.15, 0.2) is 0 Å². The lowest BCUT2D eigenvalue weighted by Crippen LogP contribution is -2.29. The van der Waals surface area contributed by atoms with Gasteiger partial charge in [-0.2, -0.15) is 0 Å². The van der Waals surface area contributed by atoms with Gasteiger partial charge in [-0.05, 0) is 0 Å². The molecule has 1 radical (unpaired) electrons. The van der Waals surface area contributed by atoms with E-state index < -0.39 is 18.3 Å². The predicted octanol–water partition coefficient (Wildman–Crippen LogP) is -1.36. The third-order valence-electron chi connectivity index (χ3n) is 1.34. The molecule has 9 heavy (non-hydrogen) atoms. The minimum absolute atomic E-state index is 0.0862. The second-order valence-corrected chi connectivity index (χ2v) is 2.00. The van der Waals surface area contributed by atoms with E-state index >= 15 is 0 Å². The Kier molecular flexibility index (Phi) is 2.02. The molecule has 0 aliphatic carbocycles. The van der Waals surface area contributed by atoms with Crippen molar-refractivity contribution < 1.29 is 20.1 Å². The van der Waals surface area contributed by atoms with E-state index in [1.807, 2.05) is 0 Å². The molecule has 0 aromatic heterocycles. The first-order valence-corrected chi connectivity index (χ1v) is 2.71. The average Bonchev–Trinajstić information content (AvgIpc) is 2.15. The Morgan fingerprint density at radius 3 is 2.33 bits per heavy atom. The molecule has 0 saturated carbocycles. The lowest BCUT2D eigenvalue weighted by Gasteiger charge is -2.09. The molecule has 0 bridgehead atoms. The van der Waals surface area contributed by atoms with E-state index in [4.69, 9.17) is 20.1 Å². The lowest BCUT2D eigenvalue weighted by molar-refractivity contribution is 0.0184. The summed E-state index contributed by atoms with van der Waals surface area (Å²) in [6, 6.07) is 0. The number of aliphatic hydroxyl groups excluding tert-OH is 3. The van der Waals surface area contributed by atoms with Crippen LogP contribution in [0.25, 0.3) is 0 Å². The van der Waals surface area contributed by atoms with Crippen molar-refractivity contribution in [3.8, 4) is 0 Å². The quantitative estimate of drug-likeness (QED) is 0.413. The molecule has 1 heterocycles. The largest absolute Gasteiger partial charge is 0.388 e. The number of hydrogen-bond donors (Lipinski definition) is 3. The van der Waals surface area contributed by atoms with Crippen molar-refractivity contribution in [3.05, 3.63) is 6.61 Å². The van der Waals surface area contributed by atoms with Gasteiger partial charge in [0.05, 0.1) is 6.61 Å². The van der Waals surface area contributed by atoms with Crippen LogP contribution in [0, 0.1) is 6.61 Å². The Bertz CT molecular complexity index is 95.0. The maximum absolute atomic E-state index is 8.89. The van der Waals surface area contributed by atoms with Crippen LogP contribution in [0.5, 0.6) is 0 Å². The van der Waals surface area contributed by atoms with Crippen LogP contribution in [0.4, 0.5) is 0 Å². The summed E-state index contributed by atoms with van der Waals surface area (Å²) in [4.78, 5) is 0. The lowest BCUT2D eigenvalue weighted by atomic mass is 10.2. The van der Waals surface area contributed by atoms with Crippen LogP contribution in [-0.2, 0) is 4.74 Å². The van der Waals surface area contributed by atoms with Crippen molar-refractivity contribution in [3.63, 3.8) is 0 Å². The highest BCUT2D eigenvalue weighted by Crippen LogP contribution is 2.14. The fourth-order valence-corrected chi connectivity index (χ4v) is 0.757. The molecule has 1 rings (SSSR count). The number of aliphatic hydroxyl groups is 3. The van der Waals surface area contributed by atoms with Crippen LogP contribution < -0.4 is 0 Å². The molecular formula is C5H9O4. The van der Waals surface area contributed by atoms with Crippen LogP contribution in [-0.4, -0.2) is 40.2 Å². The molecular weight excluding hydrogens is 124 g/mol. The van der Waals surface area contributed by atoms with Gasteiger partial charge in [0.15, 0.2) is 0 Å². The van der Waals surface area contributed by atoms with Gasteiger partial charge in [0, 0.05) is 0 Å². The first-order chi connectivity index (χ1) is 4.25. The van der Waals surface area contributed by atoms with E-state index in [0.29, 0.717) is 0 Å². The van der Waals surface area contributed by atoms with Crippen LogP contribution in [0.2, 0.25) is 0 Å². The molecule has 0 unspecified atom stereocenters. The summed E-state index contributed by atoms with van der Waals surface area (Å²) in [5.41, 5.74) is 0. The zero-order valence-electron chi connectivity index (χ0n) is 4.77. The minimum Gasteiger partial charge on any atom is -0.388 e. The summed E-state index contributed by atoms with van der Waals surface area (Å²) in [5, 5.41) is 26.0. The molecule has 53 valence electrons. The second-order valence-electron chi connectivity index (χ2n) is 2.00. The fourth-order valence-electron chi connectivity index (χ4n) is 0.757. The standard InChI is InChI=1S/C5H9O4/c6-1-4-5(8)3(7)2-9-4/h1,3-8H,2H2/t3-,4-,5+/m1/s1. The predicted molar refractivity (Wildman–Crippen MR) is 28.0 cm³/mol. The van der Waals surface area contributed by atoms with E-state index in [1.54, 1.807) is 0 Å². The van der Waals surface area contributed by atoms with Crippen molar-refractivity contribution in [2.24, 2.45) is 0 Å². The number of ether oxygens (including phenoxy) is 1. The van der Waals surface area contributed by atoms with Crippen LogP contribution in [0.3, 0.4) is 0 Å². The monoisotopic (exact) mass is 133 g/mol. The van der Waals surface area contributed by atoms with Gasteiger partial charge >= 0.3 is 0 Å². The van der Waals surface area contributed by atoms with Gasteiger partial charge in [0.25, 0.3) is 0 Å². The zero-order chi connectivity index (χ0) is 6.85. The summed E-state index contributed by atoms with van der Waals surface area (Å²) in [6.07, 6.45) is -2.56. The average molecular weight is 133 g/mol. The summed E-state index contributed by atoms with van der Waals surface area (Å²) in [5.74, 6) is 0. The maximum atomic E-state index is 8.89. The normalized spacial score (nSPS) is 43.7. The smallest absolute Gasteiger partial charge is 0.115 e. The molecule has 0 aromatic rings. The van der Waals surface area contributed by atoms with E-state index in [9.17, 15) is 0 Å². The third kappa shape index (κ3) is 1.21. The van der Waals surface area contributed by atoms with Gasteiger partial charge in [-0.15, -0.1) is 0 Å². The molecule has 1 fully saturated rings. The van der Waals surface area contributed by atoms with Crippen molar-refractivity contribution >= 4 is 0 Å². The van der Waals surface area contributed by atoms with Gasteiger partial charge in [0.1, 0.15) is 24.9 Å². The van der Waals surface area contributed by atoms with Crippen molar-refractivity contribution in [2.45, 2.75) is 18.3 Å². The highest BCUT2D eigenvalue weighted by Gasteiger charge is 2.33. The molecule has 4 nitrogen and oxygen atoms in total. The fraction of sp³-hybridized carbons (Fsp3) is 0.800. The molecule has 3 N–H and O–H groups in total. The summed E-state index contributed by atoms with van der Waals surface area (Å²) < 4.78 is 4.72. The Labute approximate surface area is 52.7 Å². The van der Waals surface area contributed by atoms with Crippen molar-refractivity contribution in [1.82, 2.24) is 0 Å². The molecule has 3 atom stereocenters. The highest BCUT2D eigenvalue weighted by atomic mass is 16.5. The van der Waals surface area contributed by atoms with Crippen molar-refractivity contribution in [2.75, 3.05) is 6.61 Å². The number of rotatable bonds is 1. The van der Waals surface area contributed by atoms with Gasteiger partial charge in [-0.1, -0.05) is 0 Å². The molecule has 4 heteroatoms. The molecule has 1 aliphatic heterocycles. The number of hydrogen-bond acceptors (Lipinski definition) is 4. The van der Waals surface area contributed by atoms with E-state index in [2.05, 4.69) is 0 Å². The molecule has 0 aromatic carbocycles. The van der Waals surface area contributed by atoms with Gasteiger partial charge in [-0.25, -0.2) is 0 Å². The summed E-state index contributed by atoms with van der Waals surface area (Å²) >= 11 is 0. The topological polar surface area (TPSA) is 69.9 Å². The highest BCUT2D eigenvalue weighted by molar-refractivity contribution is 4.86. The van der Waals surface area contributed by atoms with Gasteiger partial charge in [0.2, 0.25) is 0 Å². The Hall–Kier alpha value is -0.160. The first kappa shape index (κ1) is 6.95. The Balaban J connectivity index is 2.41. The summed E-state index contributed by atoms with van der Waals surface area (Å²) in [7, 11) is 0. The van der Waals surface area contributed by atoms with Gasteiger partial charge in [-0.3, -0.25) is 0 Å². The van der Waals surface area contributed by atoms with E-state index in [0.717, 1.165) is 6.61 Å². The Morgan fingerprint density at radius 2 is 2.11 bits per heavy atom. The molecule has 1 saturated heterocycles. The zero-order valence-corrected chi connectivity index (χ0v) is 4.77. The maximum Gasteiger partial charge on any atom is 0.115 e. The molecule has 0 amide bonds. The minimum atomic E-state index is -0.977.